The molecule has 0 aromatic heterocycles. The van der Waals surface area contributed by atoms with Crippen LogP contribution in [0.3, 0.4) is 0 Å². The monoisotopic (exact) mass is 384 g/mol. The molecule has 6 heteroatoms. The molecule has 1 aliphatic carbocycles. The van der Waals surface area contributed by atoms with Crippen LogP contribution < -0.4 is 10.1 Å². The highest BCUT2D eigenvalue weighted by Gasteiger charge is 2.28. The minimum atomic E-state index is -0.387. The number of ether oxygens (including phenoxy) is 2. The standard InChI is InChI=1S/C20H32N2O3.ClH/c1-4-5-14-24-19-13-9-7-11-17(19)21-20(23)25-18-12-8-6-10-16(18)15-22(2)3;/h7,9,11,13,16,18H,4-6,8,10,12,14-15H2,1-3H3,(H,21,23);1H/t16?,18-;/m1./s1. The summed E-state index contributed by atoms with van der Waals surface area (Å²) in [7, 11) is 4.13. The first-order valence-electron chi connectivity index (χ1n) is 9.44. The van der Waals surface area contributed by atoms with Crippen LogP contribution in [0.25, 0.3) is 0 Å². The molecule has 0 aliphatic heterocycles. The number of carbonyl (C=O) groups excluding carboxylic acids is 1. The van der Waals surface area contributed by atoms with Crippen molar-refractivity contribution in [3.05, 3.63) is 24.3 Å². The number of carbonyl (C=O) groups is 1. The molecule has 1 aromatic rings. The van der Waals surface area contributed by atoms with Gasteiger partial charge in [0.2, 0.25) is 0 Å². The van der Waals surface area contributed by atoms with Gasteiger partial charge in [0, 0.05) is 12.5 Å². The quantitative estimate of drug-likeness (QED) is 0.644. The van der Waals surface area contributed by atoms with Crippen molar-refractivity contribution in [2.24, 2.45) is 5.92 Å². The summed E-state index contributed by atoms with van der Waals surface area (Å²) in [5.74, 6) is 1.10. The number of nitrogens with zero attached hydrogens (tertiary/aromatic N) is 1. The third kappa shape index (κ3) is 7.42. The molecule has 1 N–H and O–H groups in total. The average Bonchev–Trinajstić information content (AvgIpc) is 2.58. The summed E-state index contributed by atoms with van der Waals surface area (Å²) in [4.78, 5) is 14.6. The van der Waals surface area contributed by atoms with Crippen molar-refractivity contribution in [1.29, 1.82) is 0 Å². The van der Waals surface area contributed by atoms with Crippen molar-refractivity contribution in [3.63, 3.8) is 0 Å². The third-order valence-corrected chi connectivity index (χ3v) is 4.58. The molecule has 1 unspecified atom stereocenters. The van der Waals surface area contributed by atoms with E-state index in [0.29, 0.717) is 24.0 Å². The summed E-state index contributed by atoms with van der Waals surface area (Å²) in [5.41, 5.74) is 0.670. The maximum Gasteiger partial charge on any atom is 0.412 e. The fraction of sp³-hybridized carbons (Fsp3) is 0.650. The SMILES string of the molecule is CCCCOc1ccccc1NC(=O)O[C@@H]1CCCCC1CN(C)C.Cl. The topological polar surface area (TPSA) is 50.8 Å². The molecule has 1 aliphatic rings. The molecule has 2 rings (SSSR count). The Morgan fingerprint density at radius 1 is 1.23 bits per heavy atom. The van der Waals surface area contributed by atoms with Gasteiger partial charge in [-0.2, -0.15) is 0 Å². The van der Waals surface area contributed by atoms with Gasteiger partial charge in [-0.25, -0.2) is 4.79 Å². The molecule has 0 bridgehead atoms. The molecule has 1 amide bonds. The number of hydrogen-bond acceptors (Lipinski definition) is 4. The molecule has 0 radical (unpaired) electrons. The van der Waals surface area contributed by atoms with E-state index in [1.807, 2.05) is 24.3 Å². The zero-order chi connectivity index (χ0) is 18.1. The predicted octanol–water partition coefficient (Wildman–Crippen LogP) is 4.96. The third-order valence-electron chi connectivity index (χ3n) is 4.58. The van der Waals surface area contributed by atoms with Gasteiger partial charge >= 0.3 is 6.09 Å². The highest BCUT2D eigenvalue weighted by molar-refractivity contribution is 5.86. The molecule has 1 saturated carbocycles. The van der Waals surface area contributed by atoms with E-state index in [9.17, 15) is 4.79 Å². The van der Waals surface area contributed by atoms with Crippen molar-refractivity contribution in [3.8, 4) is 5.75 Å². The molecule has 0 spiro atoms. The highest BCUT2D eigenvalue weighted by Crippen LogP contribution is 2.29. The van der Waals surface area contributed by atoms with Gasteiger partial charge in [-0.3, -0.25) is 5.32 Å². The fourth-order valence-electron chi connectivity index (χ4n) is 3.31. The van der Waals surface area contributed by atoms with E-state index in [2.05, 4.69) is 31.2 Å². The number of para-hydroxylation sites is 2. The Kier molecular flexibility index (Phi) is 10.4. The second-order valence-corrected chi connectivity index (χ2v) is 7.07. The number of halogens is 1. The molecule has 26 heavy (non-hydrogen) atoms. The fourth-order valence-corrected chi connectivity index (χ4v) is 3.31. The second kappa shape index (κ2) is 12.0. The maximum atomic E-state index is 12.4. The Hall–Kier alpha value is -1.46. The normalized spacial score (nSPS) is 19.5. The van der Waals surface area contributed by atoms with E-state index >= 15 is 0 Å². The van der Waals surface area contributed by atoms with Gasteiger partial charge in [0.1, 0.15) is 11.9 Å². The Morgan fingerprint density at radius 3 is 2.69 bits per heavy atom. The molecular formula is C20H33ClN2O3. The van der Waals surface area contributed by atoms with E-state index in [4.69, 9.17) is 9.47 Å². The van der Waals surface area contributed by atoms with Gasteiger partial charge in [0.25, 0.3) is 0 Å². The van der Waals surface area contributed by atoms with E-state index in [0.717, 1.165) is 38.6 Å². The maximum absolute atomic E-state index is 12.4. The number of rotatable bonds is 8. The second-order valence-electron chi connectivity index (χ2n) is 7.07. The Labute approximate surface area is 163 Å². The van der Waals surface area contributed by atoms with Gasteiger partial charge in [-0.1, -0.05) is 31.9 Å². The lowest BCUT2D eigenvalue weighted by atomic mass is 9.86. The van der Waals surface area contributed by atoms with Crippen molar-refractivity contribution < 1.29 is 14.3 Å². The average molecular weight is 385 g/mol. The van der Waals surface area contributed by atoms with E-state index in [1.165, 1.54) is 6.42 Å². The van der Waals surface area contributed by atoms with Gasteiger partial charge in [-0.05, 0) is 51.9 Å². The van der Waals surface area contributed by atoms with Gasteiger partial charge in [-0.15, -0.1) is 12.4 Å². The Balaban J connectivity index is 0.00000338. The molecule has 1 aromatic carbocycles. The number of nitrogens with one attached hydrogen (secondary N) is 1. The van der Waals surface area contributed by atoms with E-state index < -0.39 is 0 Å². The summed E-state index contributed by atoms with van der Waals surface area (Å²) < 4.78 is 11.5. The number of benzene rings is 1. The van der Waals surface area contributed by atoms with Crippen molar-refractivity contribution >= 4 is 24.2 Å². The lowest BCUT2D eigenvalue weighted by molar-refractivity contribution is 0.0357. The van der Waals surface area contributed by atoms with E-state index in [-0.39, 0.29) is 24.6 Å². The molecule has 148 valence electrons. The van der Waals surface area contributed by atoms with Crippen LogP contribution in [0.5, 0.6) is 5.75 Å². The van der Waals surface area contributed by atoms with Crippen molar-refractivity contribution in [2.45, 2.75) is 51.6 Å². The van der Waals surface area contributed by atoms with Crippen molar-refractivity contribution in [1.82, 2.24) is 4.90 Å². The number of hydrogen-bond donors (Lipinski definition) is 1. The first kappa shape index (κ1) is 22.6. The zero-order valence-electron chi connectivity index (χ0n) is 16.2. The predicted molar refractivity (Wildman–Crippen MR) is 108 cm³/mol. The molecular weight excluding hydrogens is 352 g/mol. The summed E-state index contributed by atoms with van der Waals surface area (Å²) in [6.45, 7) is 3.73. The minimum absolute atomic E-state index is 0. The smallest absolute Gasteiger partial charge is 0.412 e. The van der Waals surface area contributed by atoms with E-state index in [1.54, 1.807) is 0 Å². The Bertz CT molecular complexity index is 540. The van der Waals surface area contributed by atoms with Crippen LogP contribution in [0.15, 0.2) is 24.3 Å². The van der Waals surface area contributed by atoms with Gasteiger partial charge in [0.15, 0.2) is 0 Å². The van der Waals surface area contributed by atoms with Gasteiger partial charge < -0.3 is 14.4 Å². The summed E-state index contributed by atoms with van der Waals surface area (Å²) in [5, 5.41) is 2.86. The first-order chi connectivity index (χ1) is 12.1. The van der Waals surface area contributed by atoms with Crippen LogP contribution in [0.4, 0.5) is 10.5 Å². The van der Waals surface area contributed by atoms with Crippen LogP contribution in [0.1, 0.15) is 45.4 Å². The summed E-state index contributed by atoms with van der Waals surface area (Å²) in [6.07, 6.45) is 6.08. The largest absolute Gasteiger partial charge is 0.491 e. The van der Waals surface area contributed by atoms with Crippen LogP contribution in [0, 0.1) is 5.92 Å². The molecule has 0 heterocycles. The highest BCUT2D eigenvalue weighted by atomic mass is 35.5. The molecule has 0 saturated heterocycles. The lowest BCUT2D eigenvalue weighted by Crippen LogP contribution is -2.37. The van der Waals surface area contributed by atoms with Crippen LogP contribution >= 0.6 is 12.4 Å². The van der Waals surface area contributed by atoms with Crippen LogP contribution in [0.2, 0.25) is 0 Å². The molecule has 2 atom stereocenters. The number of amides is 1. The molecule has 5 nitrogen and oxygen atoms in total. The number of unbranched alkanes of at least 4 members (excludes halogenated alkanes) is 1. The summed E-state index contributed by atoms with van der Waals surface area (Å²) >= 11 is 0. The van der Waals surface area contributed by atoms with Crippen molar-refractivity contribution in [2.75, 3.05) is 32.6 Å². The summed E-state index contributed by atoms with van der Waals surface area (Å²) in [6, 6.07) is 7.52. The first-order valence-corrected chi connectivity index (χ1v) is 9.44. The minimum Gasteiger partial charge on any atom is -0.491 e. The van der Waals surface area contributed by atoms with Gasteiger partial charge in [0.05, 0.1) is 12.3 Å². The molecule has 1 fully saturated rings. The Morgan fingerprint density at radius 2 is 1.96 bits per heavy atom. The zero-order valence-corrected chi connectivity index (χ0v) is 17.0. The van der Waals surface area contributed by atoms with Crippen LogP contribution in [-0.2, 0) is 4.74 Å². The number of anilines is 1. The lowest BCUT2D eigenvalue weighted by Gasteiger charge is -2.32. The van der Waals surface area contributed by atoms with Crippen LogP contribution in [-0.4, -0.2) is 44.3 Å².